The van der Waals surface area contributed by atoms with Gasteiger partial charge in [-0.2, -0.15) is 5.43 Å². The molecule has 8 nitrogen and oxygen atoms in total. The van der Waals surface area contributed by atoms with Gasteiger partial charge in [-0.15, -0.1) is 0 Å². The Bertz CT molecular complexity index is 655. The van der Waals surface area contributed by atoms with Crippen molar-refractivity contribution in [1.82, 2.24) is 15.4 Å². The van der Waals surface area contributed by atoms with E-state index in [-0.39, 0.29) is 24.1 Å². The van der Waals surface area contributed by atoms with Gasteiger partial charge in [0.15, 0.2) is 5.76 Å². The molecule has 3 rings (SSSR count). The first-order valence-corrected chi connectivity index (χ1v) is 9.89. The molecule has 2 amide bonds. The molecule has 1 aromatic rings. The molecular weight excluding hydrogens is 348 g/mol. The molecule has 1 atom stereocenters. The summed E-state index contributed by atoms with van der Waals surface area (Å²) < 4.78 is 5.23. The lowest BCUT2D eigenvalue weighted by molar-refractivity contribution is -0.607. The lowest BCUT2D eigenvalue weighted by Crippen LogP contribution is -2.55. The second kappa shape index (κ2) is 9.01. The fraction of sp³-hybridized carbons (Fsp3) is 0.684. The van der Waals surface area contributed by atoms with Crippen molar-refractivity contribution in [2.24, 2.45) is 11.8 Å². The first-order chi connectivity index (χ1) is 13.1. The molecule has 1 aromatic heterocycles. The minimum absolute atomic E-state index is 0.0884. The minimum Gasteiger partial charge on any atom is -0.459 e. The zero-order valence-electron chi connectivity index (χ0n) is 15.9. The third-order valence-corrected chi connectivity index (χ3v) is 5.58. The van der Waals surface area contributed by atoms with Crippen LogP contribution in [-0.4, -0.2) is 53.4 Å². The predicted molar refractivity (Wildman–Crippen MR) is 98.3 cm³/mol. The zero-order valence-corrected chi connectivity index (χ0v) is 15.9. The second-order valence-electron chi connectivity index (χ2n) is 7.44. The summed E-state index contributed by atoms with van der Waals surface area (Å²) in [6.07, 6.45) is 8.42. The number of nitrogens with zero attached hydrogens (tertiary/aromatic N) is 3. The van der Waals surface area contributed by atoms with Crippen LogP contribution in [0.2, 0.25) is 0 Å². The third kappa shape index (κ3) is 4.67. The van der Waals surface area contributed by atoms with E-state index in [4.69, 9.17) is 4.42 Å². The number of carbonyl (C=O) groups is 2. The zero-order chi connectivity index (χ0) is 19.2. The van der Waals surface area contributed by atoms with Crippen LogP contribution in [0.15, 0.2) is 22.8 Å². The van der Waals surface area contributed by atoms with Crippen LogP contribution in [0, 0.1) is 16.7 Å². The number of nitroso groups, excluding NO2 is 1. The topological polar surface area (TPSA) is 85.9 Å². The first-order valence-electron chi connectivity index (χ1n) is 9.89. The number of hydrogen-bond donors (Lipinski definition) is 1. The molecular formula is C19H29N4O4+. The summed E-state index contributed by atoms with van der Waals surface area (Å²) in [5, 5.41) is 3.03. The first kappa shape index (κ1) is 19.4. The maximum atomic E-state index is 13.3. The molecule has 2 aliphatic rings. The molecule has 0 unspecified atom stereocenters. The Hall–Kier alpha value is -2.38. The van der Waals surface area contributed by atoms with Crippen molar-refractivity contribution < 1.29 is 18.9 Å². The van der Waals surface area contributed by atoms with Crippen molar-refractivity contribution in [2.45, 2.75) is 44.9 Å². The van der Waals surface area contributed by atoms with Crippen LogP contribution in [0.4, 0.5) is 0 Å². The highest BCUT2D eigenvalue weighted by atomic mass is 16.3. The normalized spacial score (nSPS) is 19.1. The molecule has 0 spiro atoms. The molecule has 1 N–H and O–H groups in total. The van der Waals surface area contributed by atoms with E-state index in [1.165, 1.54) is 29.1 Å². The Morgan fingerprint density at radius 2 is 1.93 bits per heavy atom. The van der Waals surface area contributed by atoms with Crippen LogP contribution in [0.3, 0.4) is 0 Å². The van der Waals surface area contributed by atoms with E-state index in [0.717, 1.165) is 25.7 Å². The van der Waals surface area contributed by atoms with Crippen LogP contribution in [0.25, 0.3) is 0 Å². The fourth-order valence-electron chi connectivity index (χ4n) is 4.14. The average molecular weight is 377 g/mol. The van der Waals surface area contributed by atoms with E-state index in [2.05, 4.69) is 5.43 Å². The lowest BCUT2D eigenvalue weighted by atomic mass is 9.92. The van der Waals surface area contributed by atoms with Gasteiger partial charge in [0.05, 0.1) is 18.2 Å². The van der Waals surface area contributed by atoms with E-state index < -0.39 is 5.92 Å². The molecule has 148 valence electrons. The molecule has 2 fully saturated rings. The second-order valence-corrected chi connectivity index (χ2v) is 7.44. The molecule has 1 aliphatic heterocycles. The highest BCUT2D eigenvalue weighted by Gasteiger charge is 2.38. The van der Waals surface area contributed by atoms with Crippen molar-refractivity contribution in [3.05, 3.63) is 29.1 Å². The Kier molecular flexibility index (Phi) is 6.47. The monoisotopic (exact) mass is 377 g/mol. The number of rotatable bonds is 7. The maximum Gasteiger partial charge on any atom is 0.308 e. The summed E-state index contributed by atoms with van der Waals surface area (Å²) in [7, 11) is 1.55. The van der Waals surface area contributed by atoms with Crippen molar-refractivity contribution in [2.75, 3.05) is 26.7 Å². The number of hydrazine groups is 2. The van der Waals surface area contributed by atoms with Crippen molar-refractivity contribution >= 4 is 11.8 Å². The number of carbonyl (C=O) groups excluding carboxylic acids is 2. The largest absolute Gasteiger partial charge is 0.459 e. The SMILES string of the molecule is CN[N+](=O)C[C@@H](CC1CCCC1)C(=O)N1CCCCN1C(=O)c1ccco1. The van der Waals surface area contributed by atoms with E-state index in [9.17, 15) is 14.5 Å². The lowest BCUT2D eigenvalue weighted by Gasteiger charge is -2.39. The quantitative estimate of drug-likeness (QED) is 0.582. The summed E-state index contributed by atoms with van der Waals surface area (Å²) in [5.74, 6) is -0.174. The van der Waals surface area contributed by atoms with Crippen molar-refractivity contribution in [1.29, 1.82) is 0 Å². The number of amides is 2. The van der Waals surface area contributed by atoms with E-state index in [1.54, 1.807) is 19.2 Å². The van der Waals surface area contributed by atoms with Crippen LogP contribution < -0.4 is 5.43 Å². The minimum atomic E-state index is -0.428. The fourth-order valence-corrected chi connectivity index (χ4v) is 4.14. The summed E-state index contributed by atoms with van der Waals surface area (Å²) in [6.45, 7) is 1.06. The van der Waals surface area contributed by atoms with Gasteiger partial charge in [-0.05, 0) is 37.3 Å². The Morgan fingerprint density at radius 3 is 2.56 bits per heavy atom. The van der Waals surface area contributed by atoms with Gasteiger partial charge in [-0.3, -0.25) is 14.6 Å². The molecule has 0 aromatic carbocycles. The van der Waals surface area contributed by atoms with Gasteiger partial charge in [-0.1, -0.05) is 25.7 Å². The van der Waals surface area contributed by atoms with E-state index >= 15 is 0 Å². The van der Waals surface area contributed by atoms with Gasteiger partial charge < -0.3 is 4.42 Å². The molecule has 1 aliphatic carbocycles. The van der Waals surface area contributed by atoms with Gasteiger partial charge in [0.1, 0.15) is 10.8 Å². The molecule has 0 bridgehead atoms. The van der Waals surface area contributed by atoms with Crippen molar-refractivity contribution in [3.63, 3.8) is 0 Å². The van der Waals surface area contributed by atoms with Gasteiger partial charge in [0, 0.05) is 13.1 Å². The summed E-state index contributed by atoms with van der Waals surface area (Å²) in [6, 6.07) is 3.27. The molecule has 27 heavy (non-hydrogen) atoms. The smallest absolute Gasteiger partial charge is 0.308 e. The summed E-state index contributed by atoms with van der Waals surface area (Å²) >= 11 is 0. The number of furan rings is 1. The van der Waals surface area contributed by atoms with Gasteiger partial charge in [0.25, 0.3) is 5.91 Å². The molecule has 1 saturated carbocycles. The summed E-state index contributed by atoms with van der Waals surface area (Å²) in [4.78, 5) is 38.7. The van der Waals surface area contributed by atoms with Gasteiger partial charge in [-0.25, -0.2) is 5.01 Å². The van der Waals surface area contributed by atoms with Crippen LogP contribution in [-0.2, 0) is 4.79 Å². The average Bonchev–Trinajstić information content (AvgIpc) is 3.40. The van der Waals surface area contributed by atoms with Gasteiger partial charge in [0.2, 0.25) is 6.54 Å². The highest BCUT2D eigenvalue weighted by Crippen LogP contribution is 2.31. The number of hydrogen-bond acceptors (Lipinski definition) is 4. The van der Waals surface area contributed by atoms with Crippen LogP contribution in [0.1, 0.15) is 55.5 Å². The highest BCUT2D eigenvalue weighted by molar-refractivity contribution is 5.93. The molecule has 8 heteroatoms. The molecule has 0 radical (unpaired) electrons. The molecule has 2 heterocycles. The predicted octanol–water partition coefficient (Wildman–Crippen LogP) is 2.37. The van der Waals surface area contributed by atoms with Gasteiger partial charge >= 0.3 is 5.91 Å². The Balaban J connectivity index is 1.76. The third-order valence-electron chi connectivity index (χ3n) is 5.58. The van der Waals surface area contributed by atoms with E-state index in [1.807, 2.05) is 0 Å². The standard InChI is InChI=1S/C19H29N4O4/c1-20-23(26)14-16(13-15-7-2-3-8-15)18(24)21-10-4-5-11-22(21)19(25)17-9-6-12-27-17/h6,9,12,15-16H,2-5,7-8,10-11,13-14H2,1H3,(H,20,26)/q+1/t16-/m1/s1. The summed E-state index contributed by atoms with van der Waals surface area (Å²) in [5.41, 5.74) is 2.55. The van der Waals surface area contributed by atoms with Crippen LogP contribution in [0.5, 0.6) is 0 Å². The van der Waals surface area contributed by atoms with Crippen LogP contribution >= 0.6 is 0 Å². The maximum absolute atomic E-state index is 13.3. The number of nitrogens with one attached hydrogen (secondary N) is 1. The van der Waals surface area contributed by atoms with Crippen molar-refractivity contribution in [3.8, 4) is 0 Å². The Morgan fingerprint density at radius 1 is 1.22 bits per heavy atom. The Labute approximate surface area is 159 Å². The van der Waals surface area contributed by atoms with E-state index in [0.29, 0.717) is 30.3 Å². The molecule has 1 saturated heterocycles.